The SMILES string of the molecule is O=C(NN(c1ccccc1)c1ccccc1)NS(=O)(=O)c1ccccc1. The first-order chi connectivity index (χ1) is 12.6. The van der Waals surface area contributed by atoms with E-state index in [-0.39, 0.29) is 4.90 Å². The molecule has 0 aliphatic heterocycles. The Morgan fingerprint density at radius 1 is 0.692 bits per heavy atom. The third-order valence-corrected chi connectivity index (χ3v) is 4.87. The second kappa shape index (κ2) is 7.71. The Bertz CT molecular complexity index is 923. The van der Waals surface area contributed by atoms with Gasteiger partial charge in [0.15, 0.2) is 0 Å². The first kappa shape index (κ1) is 17.5. The van der Waals surface area contributed by atoms with E-state index in [0.29, 0.717) is 11.4 Å². The van der Waals surface area contributed by atoms with E-state index in [1.165, 1.54) is 17.1 Å². The summed E-state index contributed by atoms with van der Waals surface area (Å²) in [5.74, 6) is 0. The van der Waals surface area contributed by atoms with E-state index in [9.17, 15) is 13.2 Å². The molecular formula is C19H17N3O3S. The minimum absolute atomic E-state index is 0.0149. The van der Waals surface area contributed by atoms with Gasteiger partial charge in [-0.25, -0.2) is 23.4 Å². The number of anilines is 2. The lowest BCUT2D eigenvalue weighted by Gasteiger charge is -2.25. The minimum Gasteiger partial charge on any atom is -0.252 e. The first-order valence-corrected chi connectivity index (χ1v) is 9.33. The van der Waals surface area contributed by atoms with Gasteiger partial charge >= 0.3 is 6.03 Å². The number of carbonyl (C=O) groups is 1. The molecule has 0 bridgehead atoms. The van der Waals surface area contributed by atoms with E-state index in [2.05, 4.69) is 5.43 Å². The highest BCUT2D eigenvalue weighted by molar-refractivity contribution is 7.90. The van der Waals surface area contributed by atoms with E-state index >= 15 is 0 Å². The molecule has 0 heterocycles. The van der Waals surface area contributed by atoms with Crippen LogP contribution in [-0.4, -0.2) is 14.4 Å². The number of para-hydroxylation sites is 2. The molecule has 7 heteroatoms. The van der Waals surface area contributed by atoms with Crippen molar-refractivity contribution in [1.29, 1.82) is 0 Å². The lowest BCUT2D eigenvalue weighted by molar-refractivity contribution is 0.246. The van der Waals surface area contributed by atoms with Gasteiger partial charge < -0.3 is 0 Å². The summed E-state index contributed by atoms with van der Waals surface area (Å²) >= 11 is 0. The number of benzene rings is 3. The topological polar surface area (TPSA) is 78.5 Å². The maximum atomic E-state index is 12.3. The monoisotopic (exact) mass is 367 g/mol. The molecule has 2 N–H and O–H groups in total. The lowest BCUT2D eigenvalue weighted by Crippen LogP contribution is -2.47. The number of urea groups is 1. The summed E-state index contributed by atoms with van der Waals surface area (Å²) in [6.45, 7) is 0. The van der Waals surface area contributed by atoms with Crippen molar-refractivity contribution in [3.05, 3.63) is 91.0 Å². The Labute approximate surface area is 152 Å². The highest BCUT2D eigenvalue weighted by atomic mass is 32.2. The van der Waals surface area contributed by atoms with Crippen molar-refractivity contribution in [3.8, 4) is 0 Å². The quantitative estimate of drug-likeness (QED) is 0.677. The molecule has 132 valence electrons. The number of hydrazine groups is 1. The Balaban J connectivity index is 1.82. The van der Waals surface area contributed by atoms with Gasteiger partial charge in [0.1, 0.15) is 0 Å². The van der Waals surface area contributed by atoms with E-state index < -0.39 is 16.1 Å². The van der Waals surface area contributed by atoms with Gasteiger partial charge in [-0.05, 0) is 36.4 Å². The molecule has 0 aliphatic rings. The van der Waals surface area contributed by atoms with Crippen LogP contribution in [0.5, 0.6) is 0 Å². The van der Waals surface area contributed by atoms with Gasteiger partial charge in [0.25, 0.3) is 10.0 Å². The Kier molecular flexibility index (Phi) is 5.19. The summed E-state index contributed by atoms with van der Waals surface area (Å²) in [6, 6.07) is 25.1. The summed E-state index contributed by atoms with van der Waals surface area (Å²) in [6.07, 6.45) is 0. The average molecular weight is 367 g/mol. The van der Waals surface area contributed by atoms with E-state index in [1.54, 1.807) is 42.5 Å². The van der Waals surface area contributed by atoms with Crippen molar-refractivity contribution in [3.63, 3.8) is 0 Å². The fraction of sp³-hybridized carbons (Fsp3) is 0. The van der Waals surface area contributed by atoms with Crippen LogP contribution in [0.4, 0.5) is 16.2 Å². The number of sulfonamides is 1. The van der Waals surface area contributed by atoms with Gasteiger partial charge in [-0.1, -0.05) is 54.6 Å². The van der Waals surface area contributed by atoms with Gasteiger partial charge in [0.2, 0.25) is 0 Å². The molecule has 0 aromatic heterocycles. The van der Waals surface area contributed by atoms with Gasteiger partial charge in [0, 0.05) is 0 Å². The molecule has 0 atom stereocenters. The smallest absolute Gasteiger partial charge is 0.252 e. The molecule has 0 spiro atoms. The van der Waals surface area contributed by atoms with Crippen LogP contribution in [0.25, 0.3) is 0 Å². The maximum Gasteiger partial charge on any atom is 0.347 e. The number of nitrogens with zero attached hydrogens (tertiary/aromatic N) is 1. The Morgan fingerprint density at radius 2 is 1.12 bits per heavy atom. The van der Waals surface area contributed by atoms with E-state index in [0.717, 1.165) is 0 Å². The van der Waals surface area contributed by atoms with Crippen LogP contribution in [0.1, 0.15) is 0 Å². The number of hydrogen-bond acceptors (Lipinski definition) is 4. The summed E-state index contributed by atoms with van der Waals surface area (Å²) in [5.41, 5.74) is 3.95. The fourth-order valence-corrected chi connectivity index (χ4v) is 3.26. The molecule has 0 fully saturated rings. The summed E-state index contributed by atoms with van der Waals surface area (Å²) in [4.78, 5) is 12.4. The fourth-order valence-electron chi connectivity index (χ4n) is 2.34. The van der Waals surface area contributed by atoms with Crippen molar-refractivity contribution in [1.82, 2.24) is 10.1 Å². The van der Waals surface area contributed by atoms with Crippen molar-refractivity contribution in [2.24, 2.45) is 0 Å². The third kappa shape index (κ3) is 4.20. The molecule has 3 rings (SSSR count). The predicted molar refractivity (Wildman–Crippen MR) is 100 cm³/mol. The van der Waals surface area contributed by atoms with Crippen LogP contribution in [0, 0.1) is 0 Å². The summed E-state index contributed by atoms with van der Waals surface area (Å²) in [7, 11) is -3.96. The molecule has 0 saturated carbocycles. The van der Waals surface area contributed by atoms with Gasteiger partial charge in [0.05, 0.1) is 16.3 Å². The Hall–Kier alpha value is -3.32. The highest BCUT2D eigenvalue weighted by Gasteiger charge is 2.19. The van der Waals surface area contributed by atoms with Crippen LogP contribution in [0.15, 0.2) is 95.9 Å². The first-order valence-electron chi connectivity index (χ1n) is 7.85. The predicted octanol–water partition coefficient (Wildman–Crippen LogP) is 3.43. The zero-order valence-corrected chi connectivity index (χ0v) is 14.6. The zero-order valence-electron chi connectivity index (χ0n) is 13.7. The molecule has 0 aliphatic carbocycles. The number of nitrogens with one attached hydrogen (secondary N) is 2. The van der Waals surface area contributed by atoms with Crippen molar-refractivity contribution < 1.29 is 13.2 Å². The van der Waals surface area contributed by atoms with Crippen molar-refractivity contribution in [2.75, 3.05) is 5.01 Å². The number of carbonyl (C=O) groups excluding carboxylic acids is 1. The molecule has 0 saturated heterocycles. The van der Waals surface area contributed by atoms with Crippen LogP contribution in [-0.2, 0) is 10.0 Å². The normalized spacial score (nSPS) is 10.8. The van der Waals surface area contributed by atoms with Crippen molar-refractivity contribution in [2.45, 2.75) is 4.90 Å². The number of hydrogen-bond donors (Lipinski definition) is 2. The largest absolute Gasteiger partial charge is 0.347 e. The number of amides is 2. The molecule has 3 aromatic carbocycles. The molecule has 26 heavy (non-hydrogen) atoms. The van der Waals surface area contributed by atoms with E-state index in [4.69, 9.17) is 0 Å². The van der Waals surface area contributed by atoms with Gasteiger partial charge in [-0.2, -0.15) is 0 Å². The highest BCUT2D eigenvalue weighted by Crippen LogP contribution is 2.22. The molecule has 3 aromatic rings. The molecule has 6 nitrogen and oxygen atoms in total. The van der Waals surface area contributed by atoms with Gasteiger partial charge in [-0.3, -0.25) is 5.01 Å². The molecule has 0 unspecified atom stereocenters. The minimum atomic E-state index is -3.96. The summed E-state index contributed by atoms with van der Waals surface area (Å²) in [5, 5.41) is 1.51. The number of rotatable bonds is 5. The lowest BCUT2D eigenvalue weighted by atomic mass is 10.2. The summed E-state index contributed by atoms with van der Waals surface area (Å²) < 4.78 is 26.6. The second-order valence-corrected chi connectivity index (χ2v) is 7.05. The van der Waals surface area contributed by atoms with Crippen LogP contribution in [0.2, 0.25) is 0 Å². The maximum absolute atomic E-state index is 12.3. The molecular weight excluding hydrogens is 350 g/mol. The standard InChI is InChI=1S/C19H17N3O3S/c23-19(21-26(24,25)18-14-8-3-9-15-18)20-22(16-10-4-1-5-11-16)17-12-6-2-7-13-17/h1-15H,(H2,20,21,23). The average Bonchev–Trinajstić information content (AvgIpc) is 2.68. The van der Waals surface area contributed by atoms with Gasteiger partial charge in [-0.15, -0.1) is 0 Å². The molecule has 2 amide bonds. The molecule has 0 radical (unpaired) electrons. The Morgan fingerprint density at radius 3 is 1.58 bits per heavy atom. The second-order valence-electron chi connectivity index (χ2n) is 5.37. The van der Waals surface area contributed by atoms with Crippen LogP contribution >= 0.6 is 0 Å². The van der Waals surface area contributed by atoms with Crippen molar-refractivity contribution >= 4 is 27.4 Å². The zero-order chi connectivity index (χ0) is 18.4. The van der Waals surface area contributed by atoms with Crippen LogP contribution < -0.4 is 15.2 Å². The van der Waals surface area contributed by atoms with Crippen LogP contribution in [0.3, 0.4) is 0 Å². The third-order valence-electron chi connectivity index (χ3n) is 3.52. The van der Waals surface area contributed by atoms with E-state index in [1.807, 2.05) is 41.1 Å².